The van der Waals surface area contributed by atoms with Gasteiger partial charge in [0.1, 0.15) is 0 Å². The molecule has 0 fully saturated rings. The van der Waals surface area contributed by atoms with Gasteiger partial charge in [0.15, 0.2) is 0 Å². The van der Waals surface area contributed by atoms with Crippen molar-refractivity contribution in [1.29, 1.82) is 0 Å². The van der Waals surface area contributed by atoms with Gasteiger partial charge >= 0.3 is 0 Å². The molecular weight excluding hydrogens is 306 g/mol. The predicted octanol–water partition coefficient (Wildman–Crippen LogP) is 4.00. The van der Waals surface area contributed by atoms with Crippen molar-refractivity contribution < 1.29 is 9.53 Å². The van der Waals surface area contributed by atoms with Gasteiger partial charge in [-0.1, -0.05) is 61.4 Å². The summed E-state index contributed by atoms with van der Waals surface area (Å²) in [6.07, 6.45) is 9.46. The van der Waals surface area contributed by atoms with Crippen LogP contribution in [-0.4, -0.2) is 42.9 Å². The van der Waals surface area contributed by atoms with Gasteiger partial charge in [-0.15, -0.1) is 0 Å². The monoisotopic (exact) mass is 335 g/mol. The van der Waals surface area contributed by atoms with E-state index < -0.39 is 0 Å². The Labute approximate surface area is 127 Å². The number of alkyl halides is 1. The van der Waals surface area contributed by atoms with E-state index in [1.54, 1.807) is 4.90 Å². The summed E-state index contributed by atoms with van der Waals surface area (Å²) in [5.41, 5.74) is 0. The lowest BCUT2D eigenvalue weighted by molar-refractivity contribution is -0.130. The summed E-state index contributed by atoms with van der Waals surface area (Å²) in [6, 6.07) is 0. The second-order valence-electron chi connectivity index (χ2n) is 4.99. The Kier molecular flexibility index (Phi) is 14.3. The Morgan fingerprint density at radius 1 is 1.05 bits per heavy atom. The second kappa shape index (κ2) is 14.3. The molecule has 0 aromatic carbocycles. The Balaban J connectivity index is 3.36. The molecule has 0 aliphatic heterocycles. The van der Waals surface area contributed by atoms with Gasteiger partial charge in [0.2, 0.25) is 5.91 Å². The van der Waals surface area contributed by atoms with Gasteiger partial charge in [0, 0.05) is 25.3 Å². The van der Waals surface area contributed by atoms with E-state index in [9.17, 15) is 4.79 Å². The van der Waals surface area contributed by atoms with Crippen LogP contribution in [0.2, 0.25) is 0 Å². The van der Waals surface area contributed by atoms with Crippen LogP contribution in [0.5, 0.6) is 0 Å². The van der Waals surface area contributed by atoms with Crippen molar-refractivity contribution in [3.05, 3.63) is 0 Å². The number of likely N-dealkylation sites (N-methyl/N-ethyl adjacent to an activating group) is 1. The predicted molar refractivity (Wildman–Crippen MR) is 84.9 cm³/mol. The second-order valence-corrected chi connectivity index (χ2v) is 5.78. The highest BCUT2D eigenvalue weighted by Crippen LogP contribution is 2.09. The molecule has 0 radical (unpaired) electrons. The molecule has 114 valence electrons. The van der Waals surface area contributed by atoms with Crippen molar-refractivity contribution in [3.8, 4) is 0 Å². The maximum atomic E-state index is 11.8. The van der Waals surface area contributed by atoms with Gasteiger partial charge in [-0.2, -0.15) is 0 Å². The molecule has 0 heterocycles. The minimum Gasteiger partial charge on any atom is -0.379 e. The van der Waals surface area contributed by atoms with Crippen molar-refractivity contribution in [3.63, 3.8) is 0 Å². The zero-order valence-electron chi connectivity index (χ0n) is 12.6. The first-order valence-corrected chi connectivity index (χ1v) is 8.72. The molecule has 0 bridgehead atoms. The van der Waals surface area contributed by atoms with E-state index >= 15 is 0 Å². The van der Waals surface area contributed by atoms with Gasteiger partial charge in [0.25, 0.3) is 0 Å². The minimum atomic E-state index is 0.246. The van der Waals surface area contributed by atoms with E-state index in [0.29, 0.717) is 26.2 Å². The highest BCUT2D eigenvalue weighted by atomic mass is 79.9. The first kappa shape index (κ1) is 18.9. The van der Waals surface area contributed by atoms with Gasteiger partial charge in [0.05, 0.1) is 13.2 Å². The lowest BCUT2D eigenvalue weighted by atomic mass is 10.1. The zero-order chi connectivity index (χ0) is 14.3. The fraction of sp³-hybridized carbons (Fsp3) is 0.933. The van der Waals surface area contributed by atoms with E-state index in [-0.39, 0.29) is 5.91 Å². The highest BCUT2D eigenvalue weighted by Gasteiger charge is 2.07. The molecule has 0 aromatic heterocycles. The lowest BCUT2D eigenvalue weighted by Gasteiger charge is -2.17. The lowest BCUT2D eigenvalue weighted by Crippen LogP contribution is -2.30. The average molecular weight is 336 g/mol. The quantitative estimate of drug-likeness (QED) is 0.376. The van der Waals surface area contributed by atoms with Crippen LogP contribution in [0.25, 0.3) is 0 Å². The number of hydrogen-bond donors (Lipinski definition) is 0. The van der Waals surface area contributed by atoms with Gasteiger partial charge < -0.3 is 9.64 Å². The molecule has 1 amide bonds. The van der Waals surface area contributed by atoms with Crippen molar-refractivity contribution in [2.24, 2.45) is 0 Å². The third kappa shape index (κ3) is 12.7. The Bertz CT molecular complexity index is 212. The van der Waals surface area contributed by atoms with Crippen LogP contribution in [0, 0.1) is 0 Å². The number of ether oxygens (including phenoxy) is 1. The topological polar surface area (TPSA) is 29.5 Å². The number of amides is 1. The summed E-state index contributed by atoms with van der Waals surface area (Å²) < 4.78 is 5.34. The van der Waals surface area contributed by atoms with E-state index in [1.807, 2.05) is 7.05 Å². The fourth-order valence-corrected chi connectivity index (χ4v) is 2.14. The van der Waals surface area contributed by atoms with Crippen molar-refractivity contribution in [1.82, 2.24) is 4.90 Å². The molecule has 0 rings (SSSR count). The summed E-state index contributed by atoms with van der Waals surface area (Å²) in [7, 11) is 1.86. The van der Waals surface area contributed by atoms with E-state index in [1.165, 1.54) is 38.5 Å². The summed E-state index contributed by atoms with van der Waals surface area (Å²) >= 11 is 3.30. The van der Waals surface area contributed by atoms with Crippen LogP contribution in [0.3, 0.4) is 0 Å². The molecule has 4 heteroatoms. The van der Waals surface area contributed by atoms with Crippen molar-refractivity contribution in [2.75, 3.05) is 32.1 Å². The molecule has 0 saturated heterocycles. The summed E-state index contributed by atoms with van der Waals surface area (Å²) in [5, 5.41) is 0.850. The number of carbonyl (C=O) groups excluding carboxylic acids is 1. The third-order valence-corrected chi connectivity index (χ3v) is 3.54. The van der Waals surface area contributed by atoms with Gasteiger partial charge in [-0.25, -0.2) is 0 Å². The Morgan fingerprint density at radius 2 is 1.68 bits per heavy atom. The molecule has 0 saturated carbocycles. The molecule has 0 aromatic rings. The molecular formula is C15H30BrNO2. The largest absolute Gasteiger partial charge is 0.379 e. The summed E-state index contributed by atoms with van der Waals surface area (Å²) in [5.74, 6) is 0.246. The fourth-order valence-electron chi connectivity index (χ4n) is 1.91. The molecule has 0 unspecified atom stereocenters. The number of unbranched alkanes of at least 4 members (excludes halogenated alkanes) is 6. The SMILES string of the molecule is CCCCCCCCCC(=O)N(C)CCOCCBr. The number of halogens is 1. The van der Waals surface area contributed by atoms with Gasteiger partial charge in [-0.05, 0) is 6.42 Å². The zero-order valence-corrected chi connectivity index (χ0v) is 14.2. The number of hydrogen-bond acceptors (Lipinski definition) is 2. The van der Waals surface area contributed by atoms with Crippen molar-refractivity contribution in [2.45, 2.75) is 58.3 Å². The molecule has 0 aliphatic rings. The average Bonchev–Trinajstić information content (AvgIpc) is 2.42. The van der Waals surface area contributed by atoms with Crippen LogP contribution in [0.4, 0.5) is 0 Å². The van der Waals surface area contributed by atoms with Crippen LogP contribution in [0.1, 0.15) is 58.3 Å². The first-order valence-electron chi connectivity index (χ1n) is 7.60. The summed E-state index contributed by atoms with van der Waals surface area (Å²) in [6.45, 7) is 4.27. The Morgan fingerprint density at radius 3 is 2.32 bits per heavy atom. The smallest absolute Gasteiger partial charge is 0.222 e. The summed E-state index contributed by atoms with van der Waals surface area (Å²) in [4.78, 5) is 13.6. The van der Waals surface area contributed by atoms with Crippen LogP contribution < -0.4 is 0 Å². The molecule has 0 N–H and O–H groups in total. The normalized spacial score (nSPS) is 10.7. The first-order chi connectivity index (χ1) is 9.22. The number of rotatable bonds is 13. The van der Waals surface area contributed by atoms with Crippen molar-refractivity contribution >= 4 is 21.8 Å². The molecule has 19 heavy (non-hydrogen) atoms. The maximum Gasteiger partial charge on any atom is 0.222 e. The molecule has 0 spiro atoms. The minimum absolute atomic E-state index is 0.246. The van der Waals surface area contributed by atoms with E-state index in [0.717, 1.165) is 11.8 Å². The van der Waals surface area contributed by atoms with Crippen LogP contribution >= 0.6 is 15.9 Å². The highest BCUT2D eigenvalue weighted by molar-refractivity contribution is 9.09. The van der Waals surface area contributed by atoms with E-state index in [4.69, 9.17) is 4.74 Å². The maximum absolute atomic E-state index is 11.8. The van der Waals surface area contributed by atoms with Gasteiger partial charge in [-0.3, -0.25) is 4.79 Å². The van der Waals surface area contributed by atoms with E-state index in [2.05, 4.69) is 22.9 Å². The van der Waals surface area contributed by atoms with Crippen LogP contribution in [-0.2, 0) is 9.53 Å². The molecule has 0 aliphatic carbocycles. The molecule has 3 nitrogen and oxygen atoms in total. The van der Waals surface area contributed by atoms with Crippen LogP contribution in [0.15, 0.2) is 0 Å². The molecule has 0 atom stereocenters. The standard InChI is InChI=1S/C15H30BrNO2/c1-3-4-5-6-7-8-9-10-15(18)17(2)12-14-19-13-11-16/h3-14H2,1-2H3. The third-order valence-electron chi connectivity index (χ3n) is 3.21. The number of nitrogens with zero attached hydrogens (tertiary/aromatic N) is 1. The Hall–Kier alpha value is -0.0900. The number of carbonyl (C=O) groups is 1.